The van der Waals surface area contributed by atoms with Crippen LogP contribution < -0.4 is 0 Å². The molecule has 0 bridgehead atoms. The first-order chi connectivity index (χ1) is 9.32. The molecule has 110 valence electrons. The monoisotopic (exact) mass is 274 g/mol. The summed E-state index contributed by atoms with van der Waals surface area (Å²) in [4.78, 5) is 0. The van der Waals surface area contributed by atoms with E-state index in [4.69, 9.17) is 0 Å². The van der Waals surface area contributed by atoms with Crippen molar-refractivity contribution in [2.75, 3.05) is 0 Å². The summed E-state index contributed by atoms with van der Waals surface area (Å²) < 4.78 is 0. The number of hydrogen-bond acceptors (Lipinski definition) is 2. The van der Waals surface area contributed by atoms with Gasteiger partial charge in [-0.3, -0.25) is 0 Å². The Kier molecular flexibility index (Phi) is 5.87. The van der Waals surface area contributed by atoms with Crippen LogP contribution in [0.15, 0.2) is 29.4 Å². The van der Waals surface area contributed by atoms with Crippen LogP contribution in [0, 0.1) is 13.8 Å². The Morgan fingerprint density at radius 2 is 1.75 bits per heavy atom. The lowest BCUT2D eigenvalue weighted by Crippen LogP contribution is -1.92. The van der Waals surface area contributed by atoms with E-state index in [-0.39, 0.29) is 11.5 Å². The van der Waals surface area contributed by atoms with Gasteiger partial charge in [-0.25, -0.2) is 0 Å². The van der Waals surface area contributed by atoms with E-state index in [9.17, 15) is 10.2 Å². The summed E-state index contributed by atoms with van der Waals surface area (Å²) in [5, 5.41) is 19.8. The Bertz CT molecular complexity index is 533. The molecule has 1 aromatic carbocycles. The van der Waals surface area contributed by atoms with Crippen molar-refractivity contribution in [2.24, 2.45) is 0 Å². The third-order valence-corrected chi connectivity index (χ3v) is 3.60. The van der Waals surface area contributed by atoms with Crippen LogP contribution >= 0.6 is 0 Å². The minimum Gasteiger partial charge on any atom is -0.508 e. The summed E-state index contributed by atoms with van der Waals surface area (Å²) in [6.07, 6.45) is 7.22. The second-order valence-corrected chi connectivity index (χ2v) is 5.74. The quantitative estimate of drug-likeness (QED) is 0.746. The SMILES string of the molecule is CC(C)=CCC/C(C)=C/Cc1c(C)cc(O)c(C)c1O. The summed E-state index contributed by atoms with van der Waals surface area (Å²) in [6, 6.07) is 1.72. The number of rotatable bonds is 5. The maximum atomic E-state index is 10.1. The van der Waals surface area contributed by atoms with Gasteiger partial charge < -0.3 is 10.2 Å². The lowest BCUT2D eigenvalue weighted by molar-refractivity contribution is 0.438. The Labute approximate surface area is 122 Å². The zero-order chi connectivity index (χ0) is 15.3. The third kappa shape index (κ3) is 4.44. The standard InChI is InChI=1S/C18H26O2/c1-12(2)7-6-8-13(3)9-10-16-14(4)11-17(19)15(5)18(16)20/h7,9,11,19-20H,6,8,10H2,1-5H3/b13-9+. The zero-order valence-corrected chi connectivity index (χ0v) is 13.2. The maximum Gasteiger partial charge on any atom is 0.125 e. The Hall–Kier alpha value is -1.70. The molecule has 0 amide bonds. The molecule has 0 spiro atoms. The number of aryl methyl sites for hydroxylation is 1. The molecule has 2 nitrogen and oxygen atoms in total. The van der Waals surface area contributed by atoms with E-state index in [1.165, 1.54) is 11.1 Å². The highest BCUT2D eigenvalue weighted by Crippen LogP contribution is 2.33. The van der Waals surface area contributed by atoms with E-state index in [2.05, 4.69) is 32.9 Å². The van der Waals surface area contributed by atoms with E-state index < -0.39 is 0 Å². The molecule has 20 heavy (non-hydrogen) atoms. The molecule has 0 aliphatic carbocycles. The number of aromatic hydroxyl groups is 2. The van der Waals surface area contributed by atoms with E-state index in [0.717, 1.165) is 24.0 Å². The topological polar surface area (TPSA) is 40.5 Å². The Balaban J connectivity index is 2.79. The summed E-state index contributed by atoms with van der Waals surface area (Å²) in [5.41, 5.74) is 5.06. The molecule has 0 aliphatic rings. The molecule has 2 N–H and O–H groups in total. The van der Waals surface area contributed by atoms with Crippen molar-refractivity contribution in [3.63, 3.8) is 0 Å². The van der Waals surface area contributed by atoms with Gasteiger partial charge in [0.1, 0.15) is 11.5 Å². The first-order valence-corrected chi connectivity index (χ1v) is 7.13. The van der Waals surface area contributed by atoms with Gasteiger partial charge in [0.25, 0.3) is 0 Å². The molecule has 1 rings (SSSR count). The smallest absolute Gasteiger partial charge is 0.125 e. The number of phenolic OH excluding ortho intramolecular Hbond substituents is 2. The lowest BCUT2D eigenvalue weighted by Gasteiger charge is -2.11. The average Bonchev–Trinajstić information content (AvgIpc) is 2.35. The van der Waals surface area contributed by atoms with Crippen molar-refractivity contribution in [1.82, 2.24) is 0 Å². The van der Waals surface area contributed by atoms with Crippen molar-refractivity contribution >= 4 is 0 Å². The van der Waals surface area contributed by atoms with Gasteiger partial charge in [0.05, 0.1) is 0 Å². The summed E-state index contributed by atoms with van der Waals surface area (Å²) in [7, 11) is 0. The van der Waals surface area contributed by atoms with Crippen LogP contribution in [0.2, 0.25) is 0 Å². The van der Waals surface area contributed by atoms with Crippen LogP contribution in [-0.4, -0.2) is 10.2 Å². The van der Waals surface area contributed by atoms with E-state index >= 15 is 0 Å². The molecule has 0 heterocycles. The van der Waals surface area contributed by atoms with Crippen molar-refractivity contribution in [3.8, 4) is 11.5 Å². The van der Waals surface area contributed by atoms with Crippen LogP contribution in [0.3, 0.4) is 0 Å². The van der Waals surface area contributed by atoms with Crippen LogP contribution in [0.1, 0.15) is 50.3 Å². The summed E-state index contributed by atoms with van der Waals surface area (Å²) >= 11 is 0. The van der Waals surface area contributed by atoms with Gasteiger partial charge in [0.2, 0.25) is 0 Å². The molecule has 0 aliphatic heterocycles. The van der Waals surface area contributed by atoms with Crippen LogP contribution in [-0.2, 0) is 6.42 Å². The minimum absolute atomic E-state index is 0.160. The second-order valence-electron chi connectivity index (χ2n) is 5.74. The summed E-state index contributed by atoms with van der Waals surface area (Å²) in [5.74, 6) is 0.379. The van der Waals surface area contributed by atoms with Gasteiger partial charge in [-0.1, -0.05) is 23.3 Å². The van der Waals surface area contributed by atoms with Gasteiger partial charge in [0, 0.05) is 11.1 Å². The van der Waals surface area contributed by atoms with Crippen LogP contribution in [0.5, 0.6) is 11.5 Å². The molecule has 0 saturated heterocycles. The molecule has 0 unspecified atom stereocenters. The molecule has 2 heteroatoms. The zero-order valence-electron chi connectivity index (χ0n) is 13.2. The molecule has 0 fully saturated rings. The van der Waals surface area contributed by atoms with Gasteiger partial charge >= 0.3 is 0 Å². The molecule has 0 radical (unpaired) electrons. The van der Waals surface area contributed by atoms with E-state index in [1.54, 1.807) is 13.0 Å². The van der Waals surface area contributed by atoms with Crippen molar-refractivity contribution in [2.45, 2.75) is 53.9 Å². The Morgan fingerprint density at radius 1 is 1.10 bits per heavy atom. The normalized spacial score (nSPS) is 11.6. The maximum absolute atomic E-state index is 10.1. The van der Waals surface area contributed by atoms with Gasteiger partial charge in [-0.15, -0.1) is 0 Å². The third-order valence-electron chi connectivity index (χ3n) is 3.60. The largest absolute Gasteiger partial charge is 0.508 e. The fraction of sp³-hybridized carbons (Fsp3) is 0.444. The van der Waals surface area contributed by atoms with Gasteiger partial charge in [-0.05, 0) is 65.5 Å². The predicted octanol–water partition coefficient (Wildman–Crippen LogP) is 4.95. The molecular weight excluding hydrogens is 248 g/mol. The van der Waals surface area contributed by atoms with Gasteiger partial charge in [0.15, 0.2) is 0 Å². The van der Waals surface area contributed by atoms with E-state index in [0.29, 0.717) is 12.0 Å². The van der Waals surface area contributed by atoms with E-state index in [1.807, 2.05) is 6.92 Å². The molecule has 0 saturated carbocycles. The van der Waals surface area contributed by atoms with Crippen LogP contribution in [0.25, 0.3) is 0 Å². The fourth-order valence-electron chi connectivity index (χ4n) is 2.16. The van der Waals surface area contributed by atoms with Crippen molar-refractivity contribution in [1.29, 1.82) is 0 Å². The highest BCUT2D eigenvalue weighted by Gasteiger charge is 2.11. The number of hydrogen-bond donors (Lipinski definition) is 2. The molecular formula is C18H26O2. The highest BCUT2D eigenvalue weighted by molar-refractivity contribution is 5.52. The van der Waals surface area contributed by atoms with Gasteiger partial charge in [-0.2, -0.15) is 0 Å². The van der Waals surface area contributed by atoms with Crippen LogP contribution in [0.4, 0.5) is 0 Å². The average molecular weight is 274 g/mol. The lowest BCUT2D eigenvalue weighted by atomic mass is 9.98. The molecule has 1 aromatic rings. The fourth-order valence-corrected chi connectivity index (χ4v) is 2.16. The first-order valence-electron chi connectivity index (χ1n) is 7.13. The second kappa shape index (κ2) is 7.18. The summed E-state index contributed by atoms with van der Waals surface area (Å²) in [6.45, 7) is 10.00. The Morgan fingerprint density at radius 3 is 2.35 bits per heavy atom. The van der Waals surface area contributed by atoms with Crippen molar-refractivity contribution in [3.05, 3.63) is 46.1 Å². The highest BCUT2D eigenvalue weighted by atomic mass is 16.3. The number of phenols is 2. The molecule has 0 atom stereocenters. The van der Waals surface area contributed by atoms with Crippen molar-refractivity contribution < 1.29 is 10.2 Å². The minimum atomic E-state index is 0.160. The first kappa shape index (κ1) is 16.4. The number of allylic oxidation sites excluding steroid dienone is 4. The predicted molar refractivity (Wildman–Crippen MR) is 85.4 cm³/mol. The number of benzene rings is 1. The molecule has 0 aromatic heterocycles.